The Morgan fingerprint density at radius 1 is 1.28 bits per heavy atom. The van der Waals surface area contributed by atoms with Gasteiger partial charge in [0.25, 0.3) is 10.0 Å². The Labute approximate surface area is 190 Å². The molecule has 0 fully saturated rings. The number of halogens is 1. The van der Waals surface area contributed by atoms with Gasteiger partial charge in [-0.2, -0.15) is 0 Å². The lowest BCUT2D eigenvalue weighted by Crippen LogP contribution is -2.30. The highest BCUT2D eigenvalue weighted by molar-refractivity contribution is 7.92. The summed E-state index contributed by atoms with van der Waals surface area (Å²) in [6, 6.07) is 7.17. The van der Waals surface area contributed by atoms with Crippen LogP contribution in [0, 0.1) is 0 Å². The highest BCUT2D eigenvalue weighted by atomic mass is 32.2. The number of ether oxygens (including phenoxy) is 1. The molecular formula is C21H25FN4O4S2. The quantitative estimate of drug-likeness (QED) is 0.517. The Morgan fingerprint density at radius 2 is 1.97 bits per heavy atom. The van der Waals surface area contributed by atoms with Crippen LogP contribution in [0.15, 0.2) is 40.9 Å². The van der Waals surface area contributed by atoms with Crippen LogP contribution in [0.1, 0.15) is 43.6 Å². The van der Waals surface area contributed by atoms with Crippen LogP contribution in [0.25, 0.3) is 11.3 Å². The number of thiazole rings is 1. The zero-order valence-corrected chi connectivity index (χ0v) is 19.9. The number of aromatic nitrogens is 3. The number of alkyl halides is 1. The maximum absolute atomic E-state index is 14.4. The van der Waals surface area contributed by atoms with Crippen molar-refractivity contribution in [2.75, 3.05) is 7.11 Å². The van der Waals surface area contributed by atoms with Gasteiger partial charge >= 0.3 is 6.09 Å². The van der Waals surface area contributed by atoms with Crippen molar-refractivity contribution < 1.29 is 22.3 Å². The number of sulfonamides is 1. The summed E-state index contributed by atoms with van der Waals surface area (Å²) in [6.45, 7) is 5.29. The fraction of sp³-hybridized carbons (Fsp3) is 0.381. The maximum atomic E-state index is 14.4. The van der Waals surface area contributed by atoms with Gasteiger partial charge in [0.15, 0.2) is 9.88 Å². The molecule has 0 saturated heterocycles. The van der Waals surface area contributed by atoms with E-state index in [1.807, 2.05) is 23.8 Å². The van der Waals surface area contributed by atoms with Crippen LogP contribution in [0.2, 0.25) is 0 Å². The monoisotopic (exact) mass is 480 g/mol. The lowest BCUT2D eigenvalue weighted by Gasteiger charge is -2.16. The highest BCUT2D eigenvalue weighted by Crippen LogP contribution is 2.33. The average molecular weight is 481 g/mol. The summed E-state index contributed by atoms with van der Waals surface area (Å²) in [7, 11) is -3.05. The van der Waals surface area contributed by atoms with Crippen molar-refractivity contribution in [1.82, 2.24) is 19.3 Å². The molecule has 0 saturated carbocycles. The van der Waals surface area contributed by atoms with Crippen LogP contribution in [0.5, 0.6) is 0 Å². The van der Waals surface area contributed by atoms with Gasteiger partial charge in [-0.25, -0.2) is 32.3 Å². The summed E-state index contributed by atoms with van der Waals surface area (Å²) in [5, 5.41) is 0.657. The third-order valence-corrected chi connectivity index (χ3v) is 7.51. The summed E-state index contributed by atoms with van der Waals surface area (Å²) >= 11 is 1.03. The summed E-state index contributed by atoms with van der Waals surface area (Å²) in [5.41, 5.74) is 0.178. The van der Waals surface area contributed by atoms with Gasteiger partial charge in [0.1, 0.15) is 11.5 Å². The van der Waals surface area contributed by atoms with Crippen molar-refractivity contribution in [3.63, 3.8) is 0 Å². The van der Waals surface area contributed by atoms with Crippen molar-refractivity contribution in [3.05, 3.63) is 53.1 Å². The number of methoxy groups -OCH3 is 1. The van der Waals surface area contributed by atoms with E-state index in [0.29, 0.717) is 29.4 Å². The van der Waals surface area contributed by atoms with E-state index in [1.54, 1.807) is 29.1 Å². The van der Waals surface area contributed by atoms with E-state index in [-0.39, 0.29) is 9.90 Å². The highest BCUT2D eigenvalue weighted by Gasteiger charge is 2.27. The number of rotatable bonds is 8. The Balaban J connectivity index is 1.93. The zero-order valence-electron chi connectivity index (χ0n) is 18.3. The fourth-order valence-corrected chi connectivity index (χ4v) is 5.73. The smallest absolute Gasteiger partial charge is 0.420 e. The number of amides is 1. The number of carbonyl (C=O) groups excluding carboxylic acids is 1. The molecule has 1 amide bonds. The number of hydrogen-bond donors (Lipinski definition) is 1. The summed E-state index contributed by atoms with van der Waals surface area (Å²) in [5.74, 6) is 0.326. The number of carbonyl (C=O) groups is 1. The molecule has 0 spiro atoms. The molecule has 0 radical (unpaired) electrons. The second-order valence-electron chi connectivity index (χ2n) is 7.64. The SMILES string of the molecule is CCCc1nc(-c2ccc(Cn3ccnc3C(C)(C)F)cc2)c(S(=O)(=O)NC(=O)OC)s1. The lowest BCUT2D eigenvalue weighted by molar-refractivity contribution is 0.177. The molecular weight excluding hydrogens is 455 g/mol. The first kappa shape index (κ1) is 23.9. The van der Waals surface area contributed by atoms with Gasteiger partial charge in [0.05, 0.1) is 12.1 Å². The first-order valence-corrected chi connectivity index (χ1v) is 12.3. The molecule has 11 heteroatoms. The van der Waals surface area contributed by atoms with E-state index in [9.17, 15) is 17.6 Å². The van der Waals surface area contributed by atoms with Crippen molar-refractivity contribution in [2.24, 2.45) is 0 Å². The van der Waals surface area contributed by atoms with Gasteiger partial charge in [0, 0.05) is 24.5 Å². The molecule has 0 bridgehead atoms. The molecule has 172 valence electrons. The third kappa shape index (κ3) is 5.33. The van der Waals surface area contributed by atoms with Crippen LogP contribution >= 0.6 is 11.3 Å². The second-order valence-corrected chi connectivity index (χ2v) is 10.6. The number of nitrogens with one attached hydrogen (secondary N) is 1. The number of aryl methyl sites for hydroxylation is 1. The number of nitrogens with zero attached hydrogens (tertiary/aromatic N) is 3. The van der Waals surface area contributed by atoms with Crippen LogP contribution in [0.4, 0.5) is 9.18 Å². The average Bonchev–Trinajstić information content (AvgIpc) is 3.36. The minimum Gasteiger partial charge on any atom is -0.452 e. The summed E-state index contributed by atoms with van der Waals surface area (Å²) in [6.07, 6.45) is 3.62. The van der Waals surface area contributed by atoms with Gasteiger partial charge in [-0.1, -0.05) is 31.2 Å². The van der Waals surface area contributed by atoms with Crippen molar-refractivity contribution in [3.8, 4) is 11.3 Å². The van der Waals surface area contributed by atoms with Gasteiger partial charge in [0.2, 0.25) is 0 Å². The second kappa shape index (κ2) is 9.37. The van der Waals surface area contributed by atoms with Gasteiger partial charge in [-0.15, -0.1) is 11.3 Å². The van der Waals surface area contributed by atoms with E-state index in [1.165, 1.54) is 13.8 Å². The minimum absolute atomic E-state index is 0.0461. The molecule has 8 nitrogen and oxygen atoms in total. The number of benzene rings is 1. The largest absolute Gasteiger partial charge is 0.452 e. The molecule has 0 aliphatic heterocycles. The summed E-state index contributed by atoms with van der Waals surface area (Å²) in [4.78, 5) is 20.1. The first-order chi connectivity index (χ1) is 15.0. The Hall–Kier alpha value is -2.79. The molecule has 1 aromatic carbocycles. The minimum atomic E-state index is -4.14. The van der Waals surface area contributed by atoms with Crippen molar-refractivity contribution >= 4 is 27.5 Å². The normalized spacial score (nSPS) is 12.0. The van der Waals surface area contributed by atoms with Crippen LogP contribution in [-0.4, -0.2) is 36.2 Å². The standard InChI is InChI=1S/C21H25FN4O4S2/c1-5-6-16-24-17(18(31-16)32(28,29)25-20(27)30-4)15-9-7-14(8-10-15)13-26-12-11-23-19(26)21(2,3)22/h7-12H,5-6,13H2,1-4H3,(H,25,27). The molecule has 0 aliphatic carbocycles. The predicted molar refractivity (Wildman–Crippen MR) is 120 cm³/mol. The molecule has 0 unspecified atom stereocenters. The zero-order chi connectivity index (χ0) is 23.5. The predicted octanol–water partition coefficient (Wildman–Crippen LogP) is 4.26. The van der Waals surface area contributed by atoms with E-state index < -0.39 is 21.8 Å². The van der Waals surface area contributed by atoms with Gasteiger partial charge in [-0.05, 0) is 32.3 Å². The van der Waals surface area contributed by atoms with Crippen LogP contribution in [-0.2, 0) is 33.4 Å². The molecule has 1 N–H and O–H groups in total. The lowest BCUT2D eigenvalue weighted by atomic mass is 10.1. The topological polar surface area (TPSA) is 103 Å². The van der Waals surface area contributed by atoms with Gasteiger partial charge in [-0.3, -0.25) is 0 Å². The van der Waals surface area contributed by atoms with Crippen molar-refractivity contribution in [1.29, 1.82) is 0 Å². The first-order valence-electron chi connectivity index (χ1n) is 9.95. The number of imidazole rings is 1. The summed E-state index contributed by atoms with van der Waals surface area (Å²) < 4.78 is 47.8. The molecule has 2 heterocycles. The maximum Gasteiger partial charge on any atom is 0.420 e. The molecule has 2 aromatic heterocycles. The van der Waals surface area contributed by atoms with E-state index in [0.717, 1.165) is 30.4 Å². The molecule has 0 atom stereocenters. The number of hydrogen-bond acceptors (Lipinski definition) is 7. The van der Waals surface area contributed by atoms with Gasteiger partial charge < -0.3 is 9.30 Å². The Morgan fingerprint density at radius 3 is 2.56 bits per heavy atom. The molecule has 3 rings (SSSR count). The van der Waals surface area contributed by atoms with E-state index in [2.05, 4.69) is 14.7 Å². The third-order valence-electron chi connectivity index (χ3n) is 4.58. The Bertz CT molecular complexity index is 1200. The molecule has 0 aliphatic rings. The van der Waals surface area contributed by atoms with Crippen LogP contribution < -0.4 is 4.72 Å². The van der Waals surface area contributed by atoms with Crippen molar-refractivity contribution in [2.45, 2.75) is 50.0 Å². The molecule has 32 heavy (non-hydrogen) atoms. The Kier molecular flexibility index (Phi) is 6.99. The fourth-order valence-electron chi connectivity index (χ4n) is 3.15. The van der Waals surface area contributed by atoms with Crippen LogP contribution in [0.3, 0.4) is 0 Å². The molecule has 3 aromatic rings. The van der Waals surface area contributed by atoms with E-state index in [4.69, 9.17) is 0 Å². The van der Waals surface area contributed by atoms with E-state index >= 15 is 0 Å².